The summed E-state index contributed by atoms with van der Waals surface area (Å²) in [6.07, 6.45) is 0.533. The van der Waals surface area contributed by atoms with Crippen LogP contribution in [0.5, 0.6) is 0 Å². The van der Waals surface area contributed by atoms with E-state index in [1.54, 1.807) is 0 Å². The van der Waals surface area contributed by atoms with Gasteiger partial charge in [-0.1, -0.05) is 30.3 Å². The maximum absolute atomic E-state index is 12.1. The first kappa shape index (κ1) is 15.2. The lowest BCUT2D eigenvalue weighted by Gasteiger charge is -2.35. The summed E-state index contributed by atoms with van der Waals surface area (Å²) in [6, 6.07) is 9.20. The number of nitrogens with one attached hydrogen (secondary N) is 1. The van der Waals surface area contributed by atoms with Gasteiger partial charge in [-0.2, -0.15) is 0 Å². The minimum Gasteiger partial charge on any atom is -0.469 e. The molecule has 0 fully saturated rings. The molecular formula is C16H20N2O3. The number of aliphatic imine (C=N–C) groups is 1. The summed E-state index contributed by atoms with van der Waals surface area (Å²) >= 11 is 0. The number of ether oxygens (including phenoxy) is 1. The van der Waals surface area contributed by atoms with Gasteiger partial charge in [0.05, 0.1) is 18.4 Å². The van der Waals surface area contributed by atoms with Crippen LogP contribution in [0.15, 0.2) is 35.3 Å². The van der Waals surface area contributed by atoms with Crippen LogP contribution < -0.4 is 5.32 Å². The van der Waals surface area contributed by atoms with Crippen LogP contribution in [0.25, 0.3) is 0 Å². The lowest BCUT2D eigenvalue weighted by molar-refractivity contribution is -0.140. The number of carbonyl (C=O) groups is 2. The summed E-state index contributed by atoms with van der Waals surface area (Å²) in [5.41, 5.74) is 1.28. The zero-order chi connectivity index (χ0) is 15.5. The minimum absolute atomic E-state index is 0.149. The molecule has 1 N–H and O–H groups in total. The van der Waals surface area contributed by atoms with Crippen molar-refractivity contribution in [3.63, 3.8) is 0 Å². The maximum atomic E-state index is 12.1. The molecule has 0 saturated heterocycles. The molecular weight excluding hydrogens is 268 g/mol. The van der Waals surface area contributed by atoms with Gasteiger partial charge in [0.1, 0.15) is 6.04 Å². The average molecular weight is 288 g/mol. The molecule has 5 nitrogen and oxygen atoms in total. The number of amides is 1. The second-order valence-corrected chi connectivity index (χ2v) is 5.59. The van der Waals surface area contributed by atoms with Crippen molar-refractivity contribution in [2.24, 2.45) is 4.99 Å². The van der Waals surface area contributed by atoms with E-state index in [9.17, 15) is 9.59 Å². The minimum atomic E-state index is -0.549. The Morgan fingerprint density at radius 2 is 2.00 bits per heavy atom. The molecule has 0 aliphatic carbocycles. The van der Waals surface area contributed by atoms with Gasteiger partial charge in [-0.3, -0.25) is 14.6 Å². The molecule has 1 aromatic carbocycles. The van der Waals surface area contributed by atoms with E-state index in [0.29, 0.717) is 6.42 Å². The third kappa shape index (κ3) is 3.48. The summed E-state index contributed by atoms with van der Waals surface area (Å²) in [4.78, 5) is 27.9. The van der Waals surface area contributed by atoms with Gasteiger partial charge >= 0.3 is 5.97 Å². The quantitative estimate of drug-likeness (QED) is 0.858. The van der Waals surface area contributed by atoms with Gasteiger partial charge in [0.2, 0.25) is 5.91 Å². The lowest BCUT2D eigenvalue weighted by Crippen LogP contribution is -2.57. The van der Waals surface area contributed by atoms with Crippen molar-refractivity contribution in [2.75, 3.05) is 7.11 Å². The third-order valence-electron chi connectivity index (χ3n) is 3.51. The van der Waals surface area contributed by atoms with Gasteiger partial charge in [0, 0.05) is 6.42 Å². The summed E-state index contributed by atoms with van der Waals surface area (Å²) in [6.45, 7) is 3.85. The number of hydrogen-bond acceptors (Lipinski definition) is 4. The van der Waals surface area contributed by atoms with E-state index in [0.717, 1.165) is 11.3 Å². The zero-order valence-corrected chi connectivity index (χ0v) is 12.6. The van der Waals surface area contributed by atoms with Gasteiger partial charge in [-0.15, -0.1) is 0 Å². The largest absolute Gasteiger partial charge is 0.469 e. The highest BCUT2D eigenvalue weighted by Crippen LogP contribution is 2.21. The molecule has 5 heteroatoms. The van der Waals surface area contributed by atoms with E-state index in [2.05, 4.69) is 15.0 Å². The molecule has 1 atom stereocenters. The summed E-state index contributed by atoms with van der Waals surface area (Å²) in [5.74, 6) is -0.479. The second kappa shape index (κ2) is 6.08. The Hall–Kier alpha value is -2.17. The van der Waals surface area contributed by atoms with Crippen LogP contribution in [-0.2, 0) is 14.3 Å². The molecule has 21 heavy (non-hydrogen) atoms. The number of carbonyl (C=O) groups excluding carboxylic acids is 2. The van der Waals surface area contributed by atoms with E-state index in [4.69, 9.17) is 0 Å². The predicted molar refractivity (Wildman–Crippen MR) is 80.2 cm³/mol. The highest BCUT2D eigenvalue weighted by molar-refractivity contribution is 6.11. The van der Waals surface area contributed by atoms with Gasteiger partial charge in [-0.25, -0.2) is 0 Å². The van der Waals surface area contributed by atoms with Crippen molar-refractivity contribution >= 4 is 17.6 Å². The van der Waals surface area contributed by atoms with Gasteiger partial charge < -0.3 is 10.1 Å². The molecule has 0 aromatic heterocycles. The van der Waals surface area contributed by atoms with Crippen molar-refractivity contribution in [1.29, 1.82) is 0 Å². The fraction of sp³-hybridized carbons (Fsp3) is 0.438. The number of hydrogen-bond donors (Lipinski definition) is 1. The number of benzene rings is 1. The topological polar surface area (TPSA) is 67.8 Å². The number of nitrogens with zero attached hydrogens (tertiary/aromatic N) is 1. The fourth-order valence-electron chi connectivity index (χ4n) is 2.41. The SMILES string of the molecule is COC(=O)CCC1N=C(c2ccccc2)C(C)(C)NC1=O. The maximum Gasteiger partial charge on any atom is 0.305 e. The smallest absolute Gasteiger partial charge is 0.305 e. The average Bonchev–Trinajstić information content (AvgIpc) is 2.46. The first-order chi connectivity index (χ1) is 9.94. The van der Waals surface area contributed by atoms with E-state index >= 15 is 0 Å². The summed E-state index contributed by atoms with van der Waals surface area (Å²) in [5, 5.41) is 2.97. The predicted octanol–water partition coefficient (Wildman–Crippen LogP) is 1.71. The molecule has 1 heterocycles. The van der Waals surface area contributed by atoms with E-state index in [1.807, 2.05) is 44.2 Å². The molecule has 1 amide bonds. The van der Waals surface area contributed by atoms with Crippen LogP contribution >= 0.6 is 0 Å². The molecule has 0 bridgehead atoms. The van der Waals surface area contributed by atoms with Crippen LogP contribution in [0.3, 0.4) is 0 Å². The molecule has 0 spiro atoms. The Bertz CT molecular complexity index is 564. The molecule has 2 rings (SSSR count). The molecule has 1 aliphatic rings. The van der Waals surface area contributed by atoms with E-state index in [-0.39, 0.29) is 18.3 Å². The van der Waals surface area contributed by atoms with Gasteiger partial charge in [0.25, 0.3) is 0 Å². The Morgan fingerprint density at radius 3 is 2.62 bits per heavy atom. The van der Waals surface area contributed by atoms with Crippen LogP contribution in [0, 0.1) is 0 Å². The highest BCUT2D eigenvalue weighted by atomic mass is 16.5. The van der Waals surface area contributed by atoms with Crippen molar-refractivity contribution in [3.8, 4) is 0 Å². The molecule has 1 aliphatic heterocycles. The monoisotopic (exact) mass is 288 g/mol. The summed E-state index contributed by atoms with van der Waals surface area (Å²) < 4.78 is 4.61. The first-order valence-corrected chi connectivity index (χ1v) is 6.96. The Morgan fingerprint density at radius 1 is 1.33 bits per heavy atom. The zero-order valence-electron chi connectivity index (χ0n) is 12.6. The second-order valence-electron chi connectivity index (χ2n) is 5.59. The molecule has 112 valence electrons. The number of rotatable bonds is 4. The Labute approximate surface area is 124 Å². The van der Waals surface area contributed by atoms with E-state index < -0.39 is 11.6 Å². The molecule has 1 aromatic rings. The van der Waals surface area contributed by atoms with Crippen LogP contribution in [-0.4, -0.2) is 36.3 Å². The normalized spacial score (nSPS) is 20.4. The van der Waals surface area contributed by atoms with Crippen LogP contribution in [0.4, 0.5) is 0 Å². The molecule has 0 radical (unpaired) electrons. The van der Waals surface area contributed by atoms with Crippen LogP contribution in [0.2, 0.25) is 0 Å². The van der Waals surface area contributed by atoms with Crippen molar-refractivity contribution < 1.29 is 14.3 Å². The van der Waals surface area contributed by atoms with Crippen molar-refractivity contribution in [2.45, 2.75) is 38.3 Å². The summed E-state index contributed by atoms with van der Waals surface area (Å²) in [7, 11) is 1.34. The number of esters is 1. The fourth-order valence-corrected chi connectivity index (χ4v) is 2.41. The molecule has 1 unspecified atom stereocenters. The molecule has 0 saturated carbocycles. The third-order valence-corrected chi connectivity index (χ3v) is 3.51. The van der Waals surface area contributed by atoms with Crippen molar-refractivity contribution in [1.82, 2.24) is 5.32 Å². The number of methoxy groups -OCH3 is 1. The van der Waals surface area contributed by atoms with E-state index in [1.165, 1.54) is 7.11 Å². The Kier molecular flexibility index (Phi) is 4.40. The van der Waals surface area contributed by atoms with Crippen LogP contribution in [0.1, 0.15) is 32.3 Å². The Balaban J connectivity index is 2.27. The van der Waals surface area contributed by atoms with Gasteiger partial charge in [0.15, 0.2) is 0 Å². The first-order valence-electron chi connectivity index (χ1n) is 6.96. The highest BCUT2D eigenvalue weighted by Gasteiger charge is 2.36. The standard InChI is InChI=1S/C16H20N2O3/c1-16(2)14(11-7-5-4-6-8-11)17-12(15(20)18-16)9-10-13(19)21-3/h4-8,12H,9-10H2,1-3H3,(H,18,20). The van der Waals surface area contributed by atoms with Crippen molar-refractivity contribution in [3.05, 3.63) is 35.9 Å². The lowest BCUT2D eigenvalue weighted by atomic mass is 9.89. The van der Waals surface area contributed by atoms with Gasteiger partial charge in [-0.05, 0) is 25.8 Å².